The molecule has 2 N–H and O–H groups in total. The zero-order valence-corrected chi connectivity index (χ0v) is 12.7. The Bertz CT molecular complexity index is 334. The summed E-state index contributed by atoms with van der Waals surface area (Å²) in [6.45, 7) is 1.73. The SMILES string of the molecule is NC[C@H]1CCC[C@H]1C(=O)N(CC1CCCCC1)C1CC1. The Morgan fingerprint density at radius 3 is 2.35 bits per heavy atom. The molecule has 3 aliphatic rings. The quantitative estimate of drug-likeness (QED) is 0.840. The third-order valence-corrected chi connectivity index (χ3v) is 5.73. The molecule has 0 unspecified atom stereocenters. The molecule has 0 spiro atoms. The maximum absolute atomic E-state index is 12.9. The fraction of sp³-hybridized carbons (Fsp3) is 0.941. The van der Waals surface area contributed by atoms with Crippen LogP contribution < -0.4 is 5.73 Å². The Labute approximate surface area is 123 Å². The van der Waals surface area contributed by atoms with Crippen LogP contribution in [0.2, 0.25) is 0 Å². The summed E-state index contributed by atoms with van der Waals surface area (Å²) in [7, 11) is 0. The molecule has 3 fully saturated rings. The standard InChI is InChI=1S/C17H30N2O/c18-11-14-7-4-8-16(14)17(20)19(15-9-10-15)12-13-5-2-1-3-6-13/h13-16H,1-12,18H2/t14-,16-/m1/s1. The minimum Gasteiger partial charge on any atom is -0.339 e. The molecule has 114 valence electrons. The summed E-state index contributed by atoms with van der Waals surface area (Å²) in [6.07, 6.45) is 12.7. The first-order chi connectivity index (χ1) is 9.79. The fourth-order valence-electron chi connectivity index (χ4n) is 4.31. The summed E-state index contributed by atoms with van der Waals surface area (Å²) in [6, 6.07) is 0.573. The van der Waals surface area contributed by atoms with Crippen molar-refractivity contribution in [2.45, 2.75) is 70.3 Å². The monoisotopic (exact) mass is 278 g/mol. The van der Waals surface area contributed by atoms with Crippen molar-refractivity contribution in [2.24, 2.45) is 23.5 Å². The fourth-order valence-corrected chi connectivity index (χ4v) is 4.31. The number of nitrogens with two attached hydrogens (primary N) is 1. The van der Waals surface area contributed by atoms with Gasteiger partial charge in [-0.15, -0.1) is 0 Å². The van der Waals surface area contributed by atoms with Crippen molar-refractivity contribution >= 4 is 5.91 Å². The lowest BCUT2D eigenvalue weighted by molar-refractivity contribution is -0.138. The summed E-state index contributed by atoms with van der Waals surface area (Å²) in [5.41, 5.74) is 5.87. The van der Waals surface area contributed by atoms with Gasteiger partial charge in [0.25, 0.3) is 0 Å². The molecule has 3 heteroatoms. The highest BCUT2D eigenvalue weighted by atomic mass is 16.2. The lowest BCUT2D eigenvalue weighted by atomic mass is 9.88. The minimum absolute atomic E-state index is 0.240. The Kier molecular flexibility index (Phi) is 4.65. The van der Waals surface area contributed by atoms with Crippen LogP contribution in [0.15, 0.2) is 0 Å². The van der Waals surface area contributed by atoms with E-state index in [-0.39, 0.29) is 5.92 Å². The molecule has 2 atom stereocenters. The number of carbonyl (C=O) groups excluding carboxylic acids is 1. The summed E-state index contributed by atoms with van der Waals surface area (Å²) in [5, 5.41) is 0. The number of rotatable bonds is 5. The number of carbonyl (C=O) groups is 1. The highest BCUT2D eigenvalue weighted by molar-refractivity contribution is 5.80. The lowest BCUT2D eigenvalue weighted by Gasteiger charge is -2.33. The van der Waals surface area contributed by atoms with Crippen LogP contribution in [0.5, 0.6) is 0 Å². The molecule has 0 saturated heterocycles. The number of hydrogen-bond donors (Lipinski definition) is 1. The second-order valence-electron chi connectivity index (χ2n) is 7.26. The Hall–Kier alpha value is -0.570. The van der Waals surface area contributed by atoms with E-state index in [1.807, 2.05) is 0 Å². The summed E-state index contributed by atoms with van der Waals surface area (Å²) < 4.78 is 0. The summed E-state index contributed by atoms with van der Waals surface area (Å²) in [4.78, 5) is 15.2. The molecule has 0 aromatic rings. The van der Waals surface area contributed by atoms with Crippen molar-refractivity contribution in [1.29, 1.82) is 0 Å². The maximum atomic E-state index is 12.9. The van der Waals surface area contributed by atoms with E-state index in [1.54, 1.807) is 0 Å². The van der Waals surface area contributed by atoms with Gasteiger partial charge in [-0.3, -0.25) is 4.79 Å². The van der Waals surface area contributed by atoms with Crippen LogP contribution in [0, 0.1) is 17.8 Å². The van der Waals surface area contributed by atoms with E-state index < -0.39 is 0 Å². The van der Waals surface area contributed by atoms with Crippen LogP contribution in [0.1, 0.15) is 64.2 Å². The average molecular weight is 278 g/mol. The van der Waals surface area contributed by atoms with Crippen molar-refractivity contribution in [2.75, 3.05) is 13.1 Å². The van der Waals surface area contributed by atoms with E-state index in [0.29, 0.717) is 24.4 Å². The minimum atomic E-state index is 0.240. The van der Waals surface area contributed by atoms with Crippen LogP contribution in [0.3, 0.4) is 0 Å². The highest BCUT2D eigenvalue weighted by Crippen LogP contribution is 2.37. The topological polar surface area (TPSA) is 46.3 Å². The zero-order chi connectivity index (χ0) is 13.9. The summed E-state index contributed by atoms with van der Waals surface area (Å²) >= 11 is 0. The van der Waals surface area contributed by atoms with Gasteiger partial charge in [0.1, 0.15) is 0 Å². The molecular formula is C17H30N2O. The molecule has 3 nitrogen and oxygen atoms in total. The van der Waals surface area contributed by atoms with Crippen molar-refractivity contribution < 1.29 is 4.79 Å². The van der Waals surface area contributed by atoms with Crippen molar-refractivity contribution in [3.63, 3.8) is 0 Å². The van der Waals surface area contributed by atoms with Crippen LogP contribution in [0.4, 0.5) is 0 Å². The number of nitrogens with zero attached hydrogens (tertiary/aromatic N) is 1. The van der Waals surface area contributed by atoms with Crippen LogP contribution in [-0.4, -0.2) is 29.9 Å². The second-order valence-corrected chi connectivity index (χ2v) is 7.26. The first-order valence-corrected chi connectivity index (χ1v) is 8.80. The molecule has 0 heterocycles. The van der Waals surface area contributed by atoms with Crippen LogP contribution >= 0.6 is 0 Å². The van der Waals surface area contributed by atoms with Crippen molar-refractivity contribution in [3.05, 3.63) is 0 Å². The molecule has 0 aromatic carbocycles. The van der Waals surface area contributed by atoms with E-state index in [4.69, 9.17) is 5.73 Å². The van der Waals surface area contributed by atoms with E-state index in [0.717, 1.165) is 25.3 Å². The predicted molar refractivity (Wildman–Crippen MR) is 81.2 cm³/mol. The van der Waals surface area contributed by atoms with Gasteiger partial charge in [0.2, 0.25) is 5.91 Å². The number of amides is 1. The summed E-state index contributed by atoms with van der Waals surface area (Å²) in [5.74, 6) is 1.91. The third-order valence-electron chi connectivity index (χ3n) is 5.73. The highest BCUT2D eigenvalue weighted by Gasteiger charge is 2.40. The van der Waals surface area contributed by atoms with E-state index in [2.05, 4.69) is 4.90 Å². The number of hydrogen-bond acceptors (Lipinski definition) is 2. The van der Waals surface area contributed by atoms with Crippen LogP contribution in [0.25, 0.3) is 0 Å². The molecule has 3 rings (SSSR count). The molecule has 3 aliphatic carbocycles. The molecule has 1 amide bonds. The third kappa shape index (κ3) is 3.19. The van der Waals surface area contributed by atoms with Gasteiger partial charge >= 0.3 is 0 Å². The first kappa shape index (κ1) is 14.4. The molecule has 3 saturated carbocycles. The van der Waals surface area contributed by atoms with Gasteiger partial charge in [-0.1, -0.05) is 25.7 Å². The maximum Gasteiger partial charge on any atom is 0.226 e. The Morgan fingerprint density at radius 2 is 1.70 bits per heavy atom. The molecule has 0 aliphatic heterocycles. The van der Waals surface area contributed by atoms with Gasteiger partial charge in [-0.05, 0) is 56.9 Å². The van der Waals surface area contributed by atoms with Crippen molar-refractivity contribution in [3.8, 4) is 0 Å². The molecule has 0 radical (unpaired) electrons. The second kappa shape index (κ2) is 6.46. The normalized spacial score (nSPS) is 31.4. The smallest absolute Gasteiger partial charge is 0.226 e. The van der Waals surface area contributed by atoms with E-state index in [1.165, 1.54) is 51.4 Å². The lowest BCUT2D eigenvalue weighted by Crippen LogP contribution is -2.43. The molecule has 0 bridgehead atoms. The van der Waals surface area contributed by atoms with Gasteiger partial charge < -0.3 is 10.6 Å². The van der Waals surface area contributed by atoms with Crippen LogP contribution in [-0.2, 0) is 4.79 Å². The molecular weight excluding hydrogens is 248 g/mol. The average Bonchev–Trinajstić information content (AvgIpc) is 3.21. The van der Waals surface area contributed by atoms with Gasteiger partial charge in [0.15, 0.2) is 0 Å². The van der Waals surface area contributed by atoms with Gasteiger partial charge in [0, 0.05) is 18.5 Å². The Morgan fingerprint density at radius 1 is 0.950 bits per heavy atom. The molecule has 0 aromatic heterocycles. The van der Waals surface area contributed by atoms with Gasteiger partial charge in [-0.25, -0.2) is 0 Å². The zero-order valence-electron chi connectivity index (χ0n) is 12.7. The first-order valence-electron chi connectivity index (χ1n) is 8.80. The largest absolute Gasteiger partial charge is 0.339 e. The predicted octanol–water partition coefficient (Wildman–Crippen LogP) is 2.93. The van der Waals surface area contributed by atoms with Gasteiger partial charge in [-0.2, -0.15) is 0 Å². The van der Waals surface area contributed by atoms with Crippen molar-refractivity contribution in [1.82, 2.24) is 4.90 Å². The Balaban J connectivity index is 1.62. The molecule has 20 heavy (non-hydrogen) atoms. The van der Waals surface area contributed by atoms with E-state index in [9.17, 15) is 4.79 Å². The van der Waals surface area contributed by atoms with Gasteiger partial charge in [0.05, 0.1) is 0 Å². The van der Waals surface area contributed by atoms with E-state index >= 15 is 0 Å².